The molecule has 1 aliphatic heterocycles. The number of nitrogens with one attached hydrogen (secondary N) is 5. The quantitative estimate of drug-likeness (QED) is 0.0257. The third kappa shape index (κ3) is 17.8. The van der Waals surface area contributed by atoms with Crippen LogP contribution in [0.4, 0.5) is 15.3 Å². The Balaban J connectivity index is 0.799. The van der Waals surface area contributed by atoms with Gasteiger partial charge in [-0.05, 0) is 136 Å². The number of aliphatic hydroxyl groups is 1. The van der Waals surface area contributed by atoms with Crippen molar-refractivity contribution in [3.8, 4) is 5.75 Å². The zero-order chi connectivity index (χ0) is 63.4. The van der Waals surface area contributed by atoms with Gasteiger partial charge in [0, 0.05) is 41.9 Å². The minimum Gasteiger partial charge on any atom is -0.486 e. The van der Waals surface area contributed by atoms with Gasteiger partial charge >= 0.3 is 12.1 Å². The highest BCUT2D eigenvalue weighted by molar-refractivity contribution is 6.01. The molecule has 4 unspecified atom stereocenters. The molecular weight excluding hydrogens is 1130 g/mol. The molecule has 0 radical (unpaired) electrons. The standard InChI is InChI=1S/C66H100N6O16/c1-8-11-15-47-48(16-12-9-2)50(47)40-86-63(80)69-28-30-82-32-34-84-36-35-83-33-31-81-29-25-56(76)72-59(42(4)5)61(78)71-52(17-13-27-68-62(67)79)60(77)70-44-19-21-46(22-20-44)85-41-54(75)66-55(87-57(88-66)14-10-3)38-51-49-23-18-43-37-45(73)24-26-64(43,6)58(49)53(74)39-65(51,66)7/h8,19-22,24,26,37,42,47-53,55,57-59,74H,1,9-18,23,25,27-36,38-41H2,2-7H3,(H,69,80)(H,70,77)(H,71,78)(H,72,76)(H3,67,68,79)/t47?,48?,49-,50?,51-,52-,53-,55+,57?,58+,59-,64-,65-,66+/m0/s1. The van der Waals surface area contributed by atoms with Gasteiger partial charge in [-0.3, -0.25) is 24.0 Å². The van der Waals surface area contributed by atoms with Crippen LogP contribution in [0.15, 0.2) is 60.7 Å². The molecule has 5 aliphatic carbocycles. The van der Waals surface area contributed by atoms with Crippen molar-refractivity contribution < 1.29 is 76.6 Å². The molecule has 1 saturated heterocycles. The van der Waals surface area contributed by atoms with E-state index in [0.717, 1.165) is 37.7 Å². The Morgan fingerprint density at radius 3 is 2.20 bits per heavy atom. The Morgan fingerprint density at radius 2 is 1.53 bits per heavy atom. The number of carbonyl (C=O) groups is 7. The van der Waals surface area contributed by atoms with Crippen molar-refractivity contribution >= 4 is 47.1 Å². The van der Waals surface area contributed by atoms with E-state index in [1.54, 1.807) is 50.3 Å². The van der Waals surface area contributed by atoms with Crippen molar-refractivity contribution in [2.45, 2.75) is 168 Å². The SMILES string of the molecule is C=CCCC1C(CCCC)C1COC(=O)NCCOCCOCCOCCOCCC(=O)N[C@H](C(=O)N[C@@H](CCCNC(N)=O)C(=O)Nc1ccc(OCC(=O)[C@@]23OC(CCC)O[C@@H]2C[C@H]2[C@@H]4CCC5=CC(=O)C=C[C@]5(C)[C@H]4[C@@H](O)C[C@@]23C)cc1)C(C)C. The Bertz CT molecular complexity index is 2580. The van der Waals surface area contributed by atoms with Crippen molar-refractivity contribution in [1.29, 1.82) is 0 Å². The maximum Gasteiger partial charge on any atom is 0.407 e. The molecule has 0 aromatic heterocycles. The number of Topliss-reactive ketones (excluding diaryl/α,β-unsaturated/α-hetero) is 1. The lowest BCUT2D eigenvalue weighted by atomic mass is 9.46. The van der Waals surface area contributed by atoms with Gasteiger partial charge in [0.15, 0.2) is 17.7 Å². The molecule has 0 spiro atoms. The van der Waals surface area contributed by atoms with E-state index in [1.165, 1.54) is 19.3 Å². The van der Waals surface area contributed by atoms with E-state index >= 15 is 0 Å². The number of fused-ring (bicyclic) bond motifs is 7. The van der Waals surface area contributed by atoms with Crippen molar-refractivity contribution in [2.24, 2.45) is 58.0 Å². The van der Waals surface area contributed by atoms with Crippen molar-refractivity contribution in [2.75, 3.05) is 84.5 Å². The number of allylic oxidation sites excluding steroid dienone is 5. The molecule has 6 aliphatic rings. The second-order valence-electron chi connectivity index (χ2n) is 25.4. The monoisotopic (exact) mass is 1230 g/mol. The molecule has 6 amide bonds. The molecule has 1 aromatic rings. The largest absolute Gasteiger partial charge is 0.486 e. The van der Waals surface area contributed by atoms with E-state index in [-0.39, 0.29) is 87.5 Å². The van der Waals surface area contributed by atoms with Crippen LogP contribution in [-0.4, -0.2) is 162 Å². The molecule has 88 heavy (non-hydrogen) atoms. The van der Waals surface area contributed by atoms with Crippen LogP contribution < -0.4 is 37.1 Å². The number of nitrogens with two attached hydrogens (primary N) is 1. The first-order chi connectivity index (χ1) is 42.3. The topological polar surface area (TPSA) is 300 Å². The summed E-state index contributed by atoms with van der Waals surface area (Å²) in [4.78, 5) is 91.7. The Hall–Kier alpha value is -5.75. The minimum atomic E-state index is -1.36. The first-order valence-corrected chi connectivity index (χ1v) is 32.3. The van der Waals surface area contributed by atoms with Gasteiger partial charge in [-0.1, -0.05) is 78.5 Å². The maximum atomic E-state index is 14.9. The molecule has 8 N–H and O–H groups in total. The van der Waals surface area contributed by atoms with Gasteiger partial charge in [-0.15, -0.1) is 6.58 Å². The van der Waals surface area contributed by atoms with Gasteiger partial charge in [0.25, 0.3) is 0 Å². The molecule has 5 fully saturated rings. The molecule has 22 nitrogen and oxygen atoms in total. The van der Waals surface area contributed by atoms with Crippen LogP contribution in [0.3, 0.4) is 0 Å². The minimum absolute atomic E-state index is 0.0114. The first-order valence-electron chi connectivity index (χ1n) is 32.3. The van der Waals surface area contributed by atoms with Crippen molar-refractivity contribution in [3.05, 3.63) is 60.7 Å². The number of benzene rings is 1. The number of unbranched alkanes of at least 4 members (excludes halogenated alkanes) is 1. The predicted octanol–water partition coefficient (Wildman–Crippen LogP) is 7.02. The van der Waals surface area contributed by atoms with Crippen LogP contribution in [0.1, 0.15) is 131 Å². The highest BCUT2D eigenvalue weighted by atomic mass is 16.7. The molecule has 0 bridgehead atoms. The number of amides is 6. The molecular formula is C66H100N6O16. The van der Waals surface area contributed by atoms with Gasteiger partial charge in [-0.25, -0.2) is 9.59 Å². The number of alkyl carbamates (subject to hydrolysis) is 1. The molecule has 1 aromatic carbocycles. The fourth-order valence-electron chi connectivity index (χ4n) is 14.7. The average molecular weight is 1230 g/mol. The Morgan fingerprint density at radius 1 is 0.841 bits per heavy atom. The van der Waals surface area contributed by atoms with Crippen molar-refractivity contribution in [3.63, 3.8) is 0 Å². The summed E-state index contributed by atoms with van der Waals surface area (Å²) in [6.07, 6.45) is 14.8. The van der Waals surface area contributed by atoms with E-state index < -0.39 is 76.9 Å². The Labute approximate surface area is 519 Å². The van der Waals surface area contributed by atoms with Crippen molar-refractivity contribution in [1.82, 2.24) is 21.3 Å². The number of rotatable bonds is 39. The number of aliphatic hydroxyl groups excluding tert-OH is 1. The lowest BCUT2D eigenvalue weighted by Gasteiger charge is -2.59. The van der Waals surface area contributed by atoms with Gasteiger partial charge in [0.05, 0.1) is 71.7 Å². The summed E-state index contributed by atoms with van der Waals surface area (Å²) in [6.45, 7) is 18.7. The molecule has 22 heteroatoms. The van der Waals surface area contributed by atoms with E-state index in [1.807, 2.05) is 19.1 Å². The molecule has 7 rings (SSSR count). The summed E-state index contributed by atoms with van der Waals surface area (Å²) in [7, 11) is 0. The third-order valence-corrected chi connectivity index (χ3v) is 19.2. The number of hydrogen-bond donors (Lipinski definition) is 7. The molecule has 4 saturated carbocycles. The second-order valence-corrected chi connectivity index (χ2v) is 25.4. The number of primary amides is 1. The van der Waals surface area contributed by atoms with Gasteiger partial charge in [0.1, 0.15) is 24.4 Å². The van der Waals surface area contributed by atoms with Crippen LogP contribution in [0.5, 0.6) is 5.75 Å². The number of ether oxygens (including phenoxy) is 8. The van der Waals surface area contributed by atoms with E-state index in [9.17, 15) is 38.7 Å². The zero-order valence-electron chi connectivity index (χ0n) is 52.8. The fraction of sp³-hybridized carbons (Fsp3) is 0.712. The van der Waals surface area contributed by atoms with Crippen LogP contribution in [0, 0.1) is 52.3 Å². The second kappa shape index (κ2) is 33.4. The number of anilines is 1. The summed E-state index contributed by atoms with van der Waals surface area (Å²) in [5, 5.41) is 25.8. The van der Waals surface area contributed by atoms with Gasteiger partial charge < -0.3 is 75.3 Å². The Kier molecular flexibility index (Phi) is 26.4. The third-order valence-electron chi connectivity index (χ3n) is 19.2. The summed E-state index contributed by atoms with van der Waals surface area (Å²) < 4.78 is 47.3. The fourth-order valence-corrected chi connectivity index (χ4v) is 14.7. The van der Waals surface area contributed by atoms with E-state index in [2.05, 4.69) is 53.9 Å². The summed E-state index contributed by atoms with van der Waals surface area (Å²) >= 11 is 0. The van der Waals surface area contributed by atoms with Crippen LogP contribution in [-0.2, 0) is 57.1 Å². The number of urea groups is 1. The summed E-state index contributed by atoms with van der Waals surface area (Å²) in [5.41, 5.74) is 4.11. The van der Waals surface area contributed by atoms with E-state index in [4.69, 9.17) is 43.6 Å². The summed E-state index contributed by atoms with van der Waals surface area (Å²) in [6, 6.07) is 3.68. The van der Waals surface area contributed by atoms with E-state index in [0.29, 0.717) is 94.6 Å². The van der Waals surface area contributed by atoms with Crippen LogP contribution in [0.2, 0.25) is 0 Å². The molecule has 490 valence electrons. The number of carbonyl (C=O) groups excluding carboxylic acids is 7. The maximum absolute atomic E-state index is 14.9. The molecule has 1 heterocycles. The number of hydrogen-bond acceptors (Lipinski definition) is 16. The van der Waals surface area contributed by atoms with Crippen LogP contribution >= 0.6 is 0 Å². The average Bonchev–Trinajstić information content (AvgIpc) is 1.48. The predicted molar refractivity (Wildman–Crippen MR) is 329 cm³/mol. The first kappa shape index (κ1) is 69.7. The van der Waals surface area contributed by atoms with Crippen LogP contribution in [0.25, 0.3) is 0 Å². The lowest BCUT2D eigenvalue weighted by molar-refractivity contribution is -0.200. The summed E-state index contributed by atoms with van der Waals surface area (Å²) in [5.74, 6) is -0.205. The number of ketones is 2. The highest BCUT2D eigenvalue weighted by Gasteiger charge is 2.76. The van der Waals surface area contributed by atoms with Gasteiger partial charge in [0.2, 0.25) is 23.5 Å². The normalized spacial score (nSPS) is 28.8. The van der Waals surface area contributed by atoms with Gasteiger partial charge in [-0.2, -0.15) is 0 Å². The smallest absolute Gasteiger partial charge is 0.407 e. The zero-order valence-corrected chi connectivity index (χ0v) is 52.8. The molecule has 14 atom stereocenters. The highest BCUT2D eigenvalue weighted by Crippen LogP contribution is 2.70. The lowest BCUT2D eigenvalue weighted by Crippen LogP contribution is -2.63.